The van der Waals surface area contributed by atoms with Gasteiger partial charge in [0.25, 0.3) is 5.69 Å². The van der Waals surface area contributed by atoms with Crippen molar-refractivity contribution >= 4 is 22.2 Å². The van der Waals surface area contributed by atoms with Gasteiger partial charge in [0.1, 0.15) is 23.1 Å². The average molecular weight is 280 g/mol. The highest BCUT2D eigenvalue weighted by Gasteiger charge is 2.10. The second kappa shape index (κ2) is 6.10. The highest BCUT2D eigenvalue weighted by atomic mass is 32.1. The van der Waals surface area contributed by atoms with E-state index in [1.54, 1.807) is 12.1 Å². The number of ether oxygens (including phenoxy) is 1. The molecule has 2 rings (SSSR count). The molecule has 0 aliphatic carbocycles. The van der Waals surface area contributed by atoms with E-state index in [1.165, 1.54) is 23.7 Å². The molecule has 7 nitrogen and oxygen atoms in total. The molecule has 1 N–H and O–H groups in total. The zero-order valence-electron chi connectivity index (χ0n) is 10.2. The fourth-order valence-electron chi connectivity index (χ4n) is 1.44. The Morgan fingerprint density at radius 2 is 2.37 bits per heavy atom. The lowest BCUT2D eigenvalue weighted by atomic mass is 10.3. The van der Waals surface area contributed by atoms with Crippen LogP contribution in [-0.2, 0) is 6.61 Å². The lowest BCUT2D eigenvalue weighted by molar-refractivity contribution is -0.384. The number of hydrogen-bond donors (Lipinski definition) is 1. The number of nitrogens with zero attached hydrogens (tertiary/aromatic N) is 3. The van der Waals surface area contributed by atoms with Gasteiger partial charge in [-0.1, -0.05) is 10.6 Å². The molecule has 1 aromatic heterocycles. The van der Waals surface area contributed by atoms with Crippen LogP contribution in [0.4, 0.5) is 10.7 Å². The number of nitro benzene ring substituents is 1. The van der Waals surface area contributed by atoms with Gasteiger partial charge in [0, 0.05) is 24.1 Å². The summed E-state index contributed by atoms with van der Waals surface area (Å²) in [5, 5.41) is 18.6. The van der Waals surface area contributed by atoms with E-state index in [9.17, 15) is 10.1 Å². The number of non-ortho nitro benzene ring substituents is 1. The molecule has 0 spiro atoms. The quantitative estimate of drug-likeness (QED) is 0.645. The molecular weight excluding hydrogens is 268 g/mol. The van der Waals surface area contributed by atoms with Crippen molar-refractivity contribution < 1.29 is 9.66 Å². The van der Waals surface area contributed by atoms with Gasteiger partial charge in [-0.3, -0.25) is 10.1 Å². The maximum Gasteiger partial charge on any atom is 0.273 e. The maximum absolute atomic E-state index is 10.6. The Balaban J connectivity index is 2.04. The Bertz CT molecular complexity index is 573. The standard InChI is InChI=1S/C11H12N4O3S/c1-2-12-11-10(13-14-19-11)7-18-9-5-3-4-8(6-9)15(16)17/h3-6,12H,2,7H2,1H3. The molecule has 1 aromatic carbocycles. The summed E-state index contributed by atoms with van der Waals surface area (Å²) >= 11 is 1.26. The van der Waals surface area contributed by atoms with E-state index < -0.39 is 4.92 Å². The molecule has 0 aliphatic rings. The molecule has 0 aliphatic heterocycles. The molecule has 0 bridgehead atoms. The predicted octanol–water partition coefficient (Wildman–Crippen LogP) is 2.46. The number of anilines is 1. The summed E-state index contributed by atoms with van der Waals surface area (Å²) in [5.74, 6) is 0.435. The Labute approximate surface area is 113 Å². The monoisotopic (exact) mass is 280 g/mol. The van der Waals surface area contributed by atoms with Gasteiger partial charge in [-0.05, 0) is 13.0 Å². The minimum Gasteiger partial charge on any atom is -0.487 e. The van der Waals surface area contributed by atoms with Crippen molar-refractivity contribution in [3.05, 3.63) is 40.1 Å². The third kappa shape index (κ3) is 3.38. The normalized spacial score (nSPS) is 10.2. The van der Waals surface area contributed by atoms with Crippen molar-refractivity contribution in [2.75, 3.05) is 11.9 Å². The third-order valence-corrected chi connectivity index (χ3v) is 3.02. The van der Waals surface area contributed by atoms with Gasteiger partial charge >= 0.3 is 0 Å². The number of benzene rings is 1. The Morgan fingerprint density at radius 1 is 1.53 bits per heavy atom. The van der Waals surface area contributed by atoms with Crippen LogP contribution >= 0.6 is 11.5 Å². The molecule has 0 unspecified atom stereocenters. The number of nitrogens with one attached hydrogen (secondary N) is 1. The molecule has 19 heavy (non-hydrogen) atoms. The Hall–Kier alpha value is -2.22. The summed E-state index contributed by atoms with van der Waals surface area (Å²) in [5.41, 5.74) is 0.694. The maximum atomic E-state index is 10.6. The zero-order valence-corrected chi connectivity index (χ0v) is 11.0. The van der Waals surface area contributed by atoms with E-state index in [1.807, 2.05) is 6.92 Å². The van der Waals surface area contributed by atoms with Crippen LogP contribution in [0.3, 0.4) is 0 Å². The van der Waals surface area contributed by atoms with Gasteiger partial charge in [-0.15, -0.1) is 5.10 Å². The van der Waals surface area contributed by atoms with Gasteiger partial charge in [-0.2, -0.15) is 0 Å². The first-order valence-electron chi connectivity index (χ1n) is 5.63. The van der Waals surface area contributed by atoms with Crippen molar-refractivity contribution in [1.29, 1.82) is 0 Å². The van der Waals surface area contributed by atoms with Gasteiger partial charge in [0.15, 0.2) is 0 Å². The lowest BCUT2D eigenvalue weighted by Crippen LogP contribution is -2.02. The van der Waals surface area contributed by atoms with Crippen molar-refractivity contribution in [3.63, 3.8) is 0 Å². The molecule has 2 aromatic rings. The smallest absolute Gasteiger partial charge is 0.273 e. The molecule has 1 heterocycles. The summed E-state index contributed by atoms with van der Waals surface area (Å²) < 4.78 is 9.33. The fourth-order valence-corrected chi connectivity index (χ4v) is 2.07. The van der Waals surface area contributed by atoms with Gasteiger partial charge < -0.3 is 10.1 Å². The minimum atomic E-state index is -0.457. The molecule has 0 atom stereocenters. The second-order valence-electron chi connectivity index (χ2n) is 3.62. The van der Waals surface area contributed by atoms with Gasteiger partial charge in [0.2, 0.25) is 0 Å². The summed E-state index contributed by atoms with van der Waals surface area (Å²) in [6.07, 6.45) is 0. The third-order valence-electron chi connectivity index (χ3n) is 2.30. The molecule has 100 valence electrons. The minimum absolute atomic E-state index is 0.000750. The fraction of sp³-hybridized carbons (Fsp3) is 0.273. The van der Waals surface area contributed by atoms with Crippen LogP contribution in [-0.4, -0.2) is 21.1 Å². The first-order chi connectivity index (χ1) is 9.20. The van der Waals surface area contributed by atoms with Crippen LogP contribution in [0, 0.1) is 10.1 Å². The van der Waals surface area contributed by atoms with Crippen LogP contribution < -0.4 is 10.1 Å². The van der Waals surface area contributed by atoms with E-state index in [2.05, 4.69) is 14.9 Å². The van der Waals surface area contributed by atoms with Gasteiger partial charge in [0.05, 0.1) is 11.0 Å². The van der Waals surface area contributed by atoms with Crippen LogP contribution in [0.15, 0.2) is 24.3 Å². The van der Waals surface area contributed by atoms with Crippen LogP contribution in [0.25, 0.3) is 0 Å². The Morgan fingerprint density at radius 3 is 3.11 bits per heavy atom. The molecule has 0 fully saturated rings. The first kappa shape index (κ1) is 13.2. The summed E-state index contributed by atoms with van der Waals surface area (Å²) in [7, 11) is 0. The van der Waals surface area contributed by atoms with Crippen LogP contribution in [0.1, 0.15) is 12.6 Å². The highest BCUT2D eigenvalue weighted by molar-refractivity contribution is 7.10. The predicted molar refractivity (Wildman–Crippen MR) is 71.5 cm³/mol. The second-order valence-corrected chi connectivity index (χ2v) is 4.38. The summed E-state index contributed by atoms with van der Waals surface area (Å²) in [6.45, 7) is 2.97. The number of nitro groups is 1. The molecule has 0 amide bonds. The molecule has 0 saturated carbocycles. The van der Waals surface area contributed by atoms with E-state index >= 15 is 0 Å². The van der Waals surface area contributed by atoms with Gasteiger partial charge in [-0.25, -0.2) is 0 Å². The number of hydrogen-bond acceptors (Lipinski definition) is 7. The van der Waals surface area contributed by atoms with Crippen molar-refractivity contribution in [1.82, 2.24) is 9.59 Å². The summed E-state index contributed by atoms with van der Waals surface area (Å²) in [4.78, 5) is 10.2. The average Bonchev–Trinajstić information content (AvgIpc) is 2.85. The van der Waals surface area contributed by atoms with E-state index in [4.69, 9.17) is 4.74 Å². The molecule has 0 radical (unpaired) electrons. The van der Waals surface area contributed by atoms with E-state index in [0.717, 1.165) is 11.5 Å². The van der Waals surface area contributed by atoms with Crippen LogP contribution in [0.5, 0.6) is 5.75 Å². The SMILES string of the molecule is CCNc1snnc1COc1cccc([N+](=O)[O-])c1. The largest absolute Gasteiger partial charge is 0.487 e. The topological polar surface area (TPSA) is 90.2 Å². The van der Waals surface area contributed by atoms with Crippen molar-refractivity contribution in [3.8, 4) is 5.75 Å². The number of rotatable bonds is 6. The molecule has 0 saturated heterocycles. The molecular formula is C11H12N4O3S. The van der Waals surface area contributed by atoms with Crippen molar-refractivity contribution in [2.45, 2.75) is 13.5 Å². The lowest BCUT2D eigenvalue weighted by Gasteiger charge is -2.05. The molecule has 8 heteroatoms. The van der Waals surface area contributed by atoms with E-state index in [-0.39, 0.29) is 12.3 Å². The Kier molecular flexibility index (Phi) is 4.24. The highest BCUT2D eigenvalue weighted by Crippen LogP contribution is 2.22. The zero-order chi connectivity index (χ0) is 13.7. The first-order valence-corrected chi connectivity index (χ1v) is 6.40. The van der Waals surface area contributed by atoms with Crippen molar-refractivity contribution in [2.24, 2.45) is 0 Å². The van der Waals surface area contributed by atoms with Crippen LogP contribution in [0.2, 0.25) is 0 Å². The van der Waals surface area contributed by atoms with E-state index in [0.29, 0.717) is 11.4 Å². The number of aromatic nitrogens is 2. The summed E-state index contributed by atoms with van der Waals surface area (Å²) in [6, 6.07) is 6.05.